The Morgan fingerprint density at radius 1 is 1.37 bits per heavy atom. The monoisotopic (exact) mass is 367 g/mol. The zero-order valence-corrected chi connectivity index (χ0v) is 14.3. The van der Waals surface area contributed by atoms with Crippen molar-refractivity contribution in [3.05, 3.63) is 65.5 Å². The van der Waals surface area contributed by atoms with E-state index in [4.69, 9.17) is 8.83 Å². The molecule has 0 saturated carbocycles. The molecule has 0 unspecified atom stereocenters. The van der Waals surface area contributed by atoms with Gasteiger partial charge in [-0.25, -0.2) is 19.3 Å². The number of aryl methyl sites for hydroxylation is 1. The number of oxazole rings is 2. The molecule has 4 aromatic rings. The number of H-pyrrole nitrogens is 1. The summed E-state index contributed by atoms with van der Waals surface area (Å²) in [7, 11) is 0. The zero-order valence-electron chi connectivity index (χ0n) is 14.3. The Morgan fingerprint density at radius 2 is 2.26 bits per heavy atom. The topological polar surface area (TPSA) is 101 Å². The number of hydrogen-bond acceptors (Lipinski definition) is 6. The summed E-state index contributed by atoms with van der Waals surface area (Å²) in [4.78, 5) is 30.4. The Labute approximate surface area is 152 Å². The van der Waals surface area contributed by atoms with Crippen LogP contribution in [0.15, 0.2) is 39.8 Å². The molecule has 1 aromatic carbocycles. The molecule has 5 rings (SSSR count). The van der Waals surface area contributed by atoms with Crippen LogP contribution in [0.3, 0.4) is 0 Å². The Morgan fingerprint density at radius 3 is 3.04 bits per heavy atom. The van der Waals surface area contributed by atoms with Gasteiger partial charge in [0.05, 0.1) is 17.7 Å². The first-order chi connectivity index (χ1) is 13.1. The number of amides is 1. The number of halogens is 1. The summed E-state index contributed by atoms with van der Waals surface area (Å²) >= 11 is 0. The van der Waals surface area contributed by atoms with E-state index in [1.807, 2.05) is 0 Å². The molecule has 136 valence electrons. The Hall–Kier alpha value is -3.49. The zero-order chi connectivity index (χ0) is 18.5. The highest BCUT2D eigenvalue weighted by Gasteiger charge is 2.39. The van der Waals surface area contributed by atoms with Crippen molar-refractivity contribution >= 4 is 17.0 Å². The lowest BCUT2D eigenvalue weighted by molar-refractivity contribution is 0.0634. The molecule has 8 nitrogen and oxygen atoms in total. The van der Waals surface area contributed by atoms with Crippen LogP contribution in [-0.2, 0) is 6.42 Å². The fourth-order valence-corrected chi connectivity index (χ4v) is 3.43. The lowest BCUT2D eigenvalue weighted by atomic mass is 10.0. The number of carbonyl (C=O) groups is 1. The molecule has 1 aliphatic rings. The molecule has 3 aromatic heterocycles. The molecular formula is C18H14FN5O3. The van der Waals surface area contributed by atoms with Crippen molar-refractivity contribution in [1.82, 2.24) is 24.8 Å². The van der Waals surface area contributed by atoms with E-state index >= 15 is 0 Å². The molecule has 0 aliphatic carbocycles. The molecule has 0 saturated heterocycles. The van der Waals surface area contributed by atoms with Crippen molar-refractivity contribution in [3.8, 4) is 0 Å². The number of rotatable bonds is 2. The quantitative estimate of drug-likeness (QED) is 0.585. The number of fused-ring (bicyclic) bond motifs is 2. The van der Waals surface area contributed by atoms with Gasteiger partial charge in [0.15, 0.2) is 23.8 Å². The summed E-state index contributed by atoms with van der Waals surface area (Å²) in [6.45, 7) is 2.10. The number of hydrogen-bond donors (Lipinski definition) is 1. The minimum absolute atomic E-state index is 0.124. The van der Waals surface area contributed by atoms with E-state index in [-0.39, 0.29) is 23.1 Å². The fraction of sp³-hybridized carbons (Fsp3) is 0.222. The van der Waals surface area contributed by atoms with Crippen LogP contribution in [0.2, 0.25) is 0 Å². The summed E-state index contributed by atoms with van der Waals surface area (Å²) in [5, 5.41) is 0. The third kappa shape index (κ3) is 2.35. The van der Waals surface area contributed by atoms with Gasteiger partial charge in [-0.2, -0.15) is 0 Å². The van der Waals surface area contributed by atoms with Crippen LogP contribution in [0.5, 0.6) is 0 Å². The Bertz CT molecular complexity index is 1160. The third-order valence-corrected chi connectivity index (χ3v) is 4.75. The van der Waals surface area contributed by atoms with Gasteiger partial charge < -0.3 is 18.7 Å². The van der Waals surface area contributed by atoms with Gasteiger partial charge in [0, 0.05) is 18.7 Å². The standard InChI is InChI=1S/C18H14FN5O3/c1-9-16(26-8-22-9)18(25)24-6-5-11-14(21-7-20-11)15(24)17-23-13-10(19)3-2-4-12(13)27-17/h2-4,7-8,15H,5-6H2,1H3,(H,20,21)/t15-/m0/s1. The van der Waals surface area contributed by atoms with E-state index in [1.54, 1.807) is 30.3 Å². The molecular weight excluding hydrogens is 353 g/mol. The maximum absolute atomic E-state index is 14.1. The highest BCUT2D eigenvalue weighted by Crippen LogP contribution is 2.36. The molecule has 0 fully saturated rings. The first-order valence-electron chi connectivity index (χ1n) is 8.41. The third-order valence-electron chi connectivity index (χ3n) is 4.75. The molecule has 1 N–H and O–H groups in total. The van der Waals surface area contributed by atoms with Crippen molar-refractivity contribution < 1.29 is 18.0 Å². The number of nitrogens with zero attached hydrogens (tertiary/aromatic N) is 4. The smallest absolute Gasteiger partial charge is 0.292 e. The van der Waals surface area contributed by atoms with E-state index in [0.29, 0.717) is 29.9 Å². The second kappa shape index (κ2) is 5.76. The summed E-state index contributed by atoms with van der Waals surface area (Å²) in [6.07, 6.45) is 3.39. The van der Waals surface area contributed by atoms with Gasteiger partial charge in [0.2, 0.25) is 11.7 Å². The van der Waals surface area contributed by atoms with Crippen LogP contribution in [0.1, 0.15) is 39.6 Å². The summed E-state index contributed by atoms with van der Waals surface area (Å²) in [6, 6.07) is 3.81. The average molecular weight is 367 g/mol. The first kappa shape index (κ1) is 15.7. The lowest BCUT2D eigenvalue weighted by Gasteiger charge is -2.32. The molecule has 1 atom stereocenters. The largest absolute Gasteiger partial charge is 0.438 e. The minimum Gasteiger partial charge on any atom is -0.438 e. The van der Waals surface area contributed by atoms with Crippen LogP contribution < -0.4 is 0 Å². The maximum Gasteiger partial charge on any atom is 0.292 e. The highest BCUT2D eigenvalue weighted by molar-refractivity contribution is 5.93. The summed E-state index contributed by atoms with van der Waals surface area (Å²) < 4.78 is 25.2. The second-order valence-corrected chi connectivity index (χ2v) is 6.32. The molecule has 9 heteroatoms. The molecule has 1 aliphatic heterocycles. The Kier molecular flexibility index (Phi) is 3.36. The van der Waals surface area contributed by atoms with Crippen LogP contribution in [0.4, 0.5) is 4.39 Å². The molecule has 27 heavy (non-hydrogen) atoms. The number of aromatic nitrogens is 4. The van der Waals surface area contributed by atoms with Gasteiger partial charge in [0.1, 0.15) is 5.52 Å². The van der Waals surface area contributed by atoms with Crippen LogP contribution in [-0.4, -0.2) is 37.3 Å². The van der Waals surface area contributed by atoms with E-state index < -0.39 is 11.9 Å². The SMILES string of the molecule is Cc1ncoc1C(=O)N1CCc2[nH]cnc2[C@H]1c1nc2c(F)cccc2o1. The van der Waals surface area contributed by atoms with Crippen LogP contribution in [0, 0.1) is 12.7 Å². The van der Waals surface area contributed by atoms with E-state index in [0.717, 1.165) is 5.69 Å². The van der Waals surface area contributed by atoms with Crippen LogP contribution >= 0.6 is 0 Å². The predicted octanol–water partition coefficient (Wildman–Crippen LogP) is 2.77. The van der Waals surface area contributed by atoms with Crippen molar-refractivity contribution in [1.29, 1.82) is 0 Å². The van der Waals surface area contributed by atoms with Crippen LogP contribution in [0.25, 0.3) is 11.1 Å². The minimum atomic E-state index is -0.691. The molecule has 1 amide bonds. The van der Waals surface area contributed by atoms with Gasteiger partial charge in [-0.3, -0.25) is 4.79 Å². The molecule has 0 bridgehead atoms. The number of carbonyl (C=O) groups excluding carboxylic acids is 1. The van der Waals surface area contributed by atoms with Gasteiger partial charge in [-0.1, -0.05) is 6.07 Å². The van der Waals surface area contributed by atoms with E-state index in [9.17, 15) is 9.18 Å². The van der Waals surface area contributed by atoms with Crippen molar-refractivity contribution in [3.63, 3.8) is 0 Å². The maximum atomic E-state index is 14.1. The molecule has 4 heterocycles. The lowest BCUT2D eigenvalue weighted by Crippen LogP contribution is -2.41. The van der Waals surface area contributed by atoms with Crippen molar-refractivity contribution in [2.45, 2.75) is 19.4 Å². The van der Waals surface area contributed by atoms with E-state index in [1.165, 1.54) is 12.5 Å². The van der Waals surface area contributed by atoms with Gasteiger partial charge in [-0.15, -0.1) is 0 Å². The first-order valence-corrected chi connectivity index (χ1v) is 8.41. The predicted molar refractivity (Wildman–Crippen MR) is 90.4 cm³/mol. The van der Waals surface area contributed by atoms with Crippen molar-refractivity contribution in [2.75, 3.05) is 6.54 Å². The average Bonchev–Trinajstić information content (AvgIpc) is 3.39. The number of para-hydroxylation sites is 1. The normalized spacial score (nSPS) is 16.7. The van der Waals surface area contributed by atoms with Gasteiger partial charge >= 0.3 is 0 Å². The van der Waals surface area contributed by atoms with Gasteiger partial charge in [0.25, 0.3) is 5.91 Å². The number of imidazole rings is 1. The van der Waals surface area contributed by atoms with Gasteiger partial charge in [-0.05, 0) is 19.1 Å². The summed E-state index contributed by atoms with van der Waals surface area (Å²) in [5.41, 5.74) is 2.45. The molecule has 0 radical (unpaired) electrons. The van der Waals surface area contributed by atoms with Crippen molar-refractivity contribution in [2.24, 2.45) is 0 Å². The fourth-order valence-electron chi connectivity index (χ4n) is 3.43. The number of aromatic amines is 1. The van der Waals surface area contributed by atoms with E-state index in [2.05, 4.69) is 19.9 Å². The second-order valence-electron chi connectivity index (χ2n) is 6.32. The number of benzene rings is 1. The highest BCUT2D eigenvalue weighted by atomic mass is 19.1. The molecule has 0 spiro atoms. The number of nitrogens with one attached hydrogen (secondary N) is 1. The summed E-state index contributed by atoms with van der Waals surface area (Å²) in [5.74, 6) is -0.467. The Balaban J connectivity index is 1.66.